The highest BCUT2D eigenvalue weighted by Crippen LogP contribution is 2.15. The number of thioether (sulfide) groups is 1. The summed E-state index contributed by atoms with van der Waals surface area (Å²) in [6, 6.07) is 0. The molecule has 0 fully saturated rings. The second kappa shape index (κ2) is 5.98. The maximum absolute atomic E-state index is 11.4. The summed E-state index contributed by atoms with van der Waals surface area (Å²) in [6.45, 7) is 7.00. The molecule has 0 aromatic heterocycles. The van der Waals surface area contributed by atoms with Crippen molar-refractivity contribution in [1.29, 1.82) is 0 Å². The minimum atomic E-state index is -2.92. The molecular formula is C9H20O3S2. The van der Waals surface area contributed by atoms with Crippen LogP contribution in [0.25, 0.3) is 0 Å². The van der Waals surface area contributed by atoms with Crippen LogP contribution in [-0.4, -0.2) is 41.6 Å². The van der Waals surface area contributed by atoms with Crippen LogP contribution in [0.2, 0.25) is 0 Å². The van der Waals surface area contributed by atoms with Crippen molar-refractivity contribution < 1.29 is 13.5 Å². The molecule has 0 bridgehead atoms. The van der Waals surface area contributed by atoms with Crippen LogP contribution in [0, 0.1) is 0 Å². The quantitative estimate of drug-likeness (QED) is 0.760. The fourth-order valence-electron chi connectivity index (χ4n) is 0.725. The predicted octanol–water partition coefficient (Wildman–Crippen LogP) is 1.31. The summed E-state index contributed by atoms with van der Waals surface area (Å²) in [4.78, 5) is 0. The van der Waals surface area contributed by atoms with Gasteiger partial charge in [0.15, 0.2) is 9.84 Å². The fourth-order valence-corrected chi connectivity index (χ4v) is 3.16. The van der Waals surface area contributed by atoms with Gasteiger partial charge in [0.2, 0.25) is 0 Å². The maximum atomic E-state index is 11.4. The largest absolute Gasteiger partial charge is 0.392 e. The Morgan fingerprint density at radius 2 is 1.71 bits per heavy atom. The van der Waals surface area contributed by atoms with Crippen LogP contribution in [0.5, 0.6) is 0 Å². The summed E-state index contributed by atoms with van der Waals surface area (Å²) in [5.41, 5.74) is 0. The van der Waals surface area contributed by atoms with Gasteiger partial charge >= 0.3 is 0 Å². The molecule has 0 saturated heterocycles. The molecule has 86 valence electrons. The van der Waals surface area contributed by atoms with Crippen molar-refractivity contribution >= 4 is 21.6 Å². The molecule has 0 heterocycles. The van der Waals surface area contributed by atoms with Crippen molar-refractivity contribution in [3.05, 3.63) is 0 Å². The van der Waals surface area contributed by atoms with E-state index in [1.807, 2.05) is 6.92 Å². The summed E-state index contributed by atoms with van der Waals surface area (Å²) < 4.78 is 22.8. The normalized spacial score (nSPS) is 17.0. The first-order valence-electron chi connectivity index (χ1n) is 4.78. The van der Waals surface area contributed by atoms with E-state index in [-0.39, 0.29) is 22.4 Å². The highest BCUT2D eigenvalue weighted by Gasteiger charge is 2.17. The van der Waals surface area contributed by atoms with Crippen molar-refractivity contribution in [2.75, 3.05) is 11.5 Å². The van der Waals surface area contributed by atoms with Gasteiger partial charge in [-0.3, -0.25) is 0 Å². The first-order valence-corrected chi connectivity index (χ1v) is 7.55. The number of rotatable bonds is 6. The van der Waals surface area contributed by atoms with Gasteiger partial charge in [0.25, 0.3) is 0 Å². The summed E-state index contributed by atoms with van der Waals surface area (Å²) >= 11 is 1.50. The molecule has 2 atom stereocenters. The van der Waals surface area contributed by atoms with E-state index in [9.17, 15) is 13.5 Å². The van der Waals surface area contributed by atoms with Crippen LogP contribution in [0.4, 0.5) is 0 Å². The smallest absolute Gasteiger partial charge is 0.153 e. The van der Waals surface area contributed by atoms with Gasteiger partial charge in [-0.2, -0.15) is 11.8 Å². The van der Waals surface area contributed by atoms with Crippen molar-refractivity contribution in [2.24, 2.45) is 0 Å². The third-order valence-corrected chi connectivity index (χ3v) is 5.97. The van der Waals surface area contributed by atoms with Crippen molar-refractivity contribution in [3.8, 4) is 0 Å². The minimum Gasteiger partial charge on any atom is -0.392 e. The lowest BCUT2D eigenvalue weighted by atomic mass is 10.3. The Balaban J connectivity index is 3.86. The molecule has 2 unspecified atom stereocenters. The zero-order valence-corrected chi connectivity index (χ0v) is 10.9. The monoisotopic (exact) mass is 240 g/mol. The third kappa shape index (κ3) is 5.22. The molecule has 0 amide bonds. The molecule has 0 aliphatic heterocycles. The number of aliphatic hydroxyl groups excluding tert-OH is 1. The zero-order chi connectivity index (χ0) is 11.4. The Labute approximate surface area is 91.2 Å². The zero-order valence-electron chi connectivity index (χ0n) is 9.23. The van der Waals surface area contributed by atoms with Gasteiger partial charge in [-0.05, 0) is 20.8 Å². The summed E-state index contributed by atoms with van der Waals surface area (Å²) in [5, 5.41) is 8.98. The molecule has 3 nitrogen and oxygen atoms in total. The van der Waals surface area contributed by atoms with E-state index in [1.54, 1.807) is 20.8 Å². The van der Waals surface area contributed by atoms with E-state index in [4.69, 9.17) is 0 Å². The molecule has 1 N–H and O–H groups in total. The van der Waals surface area contributed by atoms with Crippen LogP contribution in [0.3, 0.4) is 0 Å². The number of sulfone groups is 1. The lowest BCUT2D eigenvalue weighted by Gasteiger charge is -2.14. The van der Waals surface area contributed by atoms with Crippen LogP contribution in [0.15, 0.2) is 0 Å². The van der Waals surface area contributed by atoms with E-state index < -0.39 is 9.84 Å². The average Bonchev–Trinajstić information content (AvgIpc) is 2.03. The third-order valence-electron chi connectivity index (χ3n) is 2.15. The Morgan fingerprint density at radius 3 is 2.07 bits per heavy atom. The van der Waals surface area contributed by atoms with Crippen molar-refractivity contribution in [1.82, 2.24) is 0 Å². The standard InChI is InChI=1S/C9H20O3S2/c1-7(2)14(11,12)6-5-13-9(4)8(3)10/h7-10H,5-6H2,1-4H3. The van der Waals surface area contributed by atoms with Gasteiger partial charge in [0.05, 0.1) is 17.1 Å². The van der Waals surface area contributed by atoms with E-state index in [2.05, 4.69) is 0 Å². The highest BCUT2D eigenvalue weighted by atomic mass is 32.2. The summed E-state index contributed by atoms with van der Waals surface area (Å²) in [6.07, 6.45) is -0.387. The second-order valence-corrected chi connectivity index (χ2v) is 7.89. The predicted molar refractivity (Wildman–Crippen MR) is 62.5 cm³/mol. The van der Waals surface area contributed by atoms with E-state index in [0.29, 0.717) is 5.75 Å². The summed E-state index contributed by atoms with van der Waals surface area (Å²) in [7, 11) is -2.92. The average molecular weight is 240 g/mol. The van der Waals surface area contributed by atoms with Gasteiger partial charge in [-0.15, -0.1) is 0 Å². The molecule has 5 heteroatoms. The molecule has 0 aliphatic rings. The van der Waals surface area contributed by atoms with Crippen LogP contribution in [-0.2, 0) is 9.84 Å². The van der Waals surface area contributed by atoms with Gasteiger partial charge < -0.3 is 5.11 Å². The minimum absolute atomic E-state index is 0.0948. The topological polar surface area (TPSA) is 54.4 Å². The molecule has 0 rings (SSSR count). The molecule has 0 spiro atoms. The number of aliphatic hydroxyl groups is 1. The molecule has 0 radical (unpaired) electrons. The van der Waals surface area contributed by atoms with E-state index >= 15 is 0 Å². The molecule has 0 aromatic carbocycles. The van der Waals surface area contributed by atoms with Crippen LogP contribution < -0.4 is 0 Å². The molecular weight excluding hydrogens is 220 g/mol. The van der Waals surface area contributed by atoms with Crippen LogP contribution in [0.1, 0.15) is 27.7 Å². The molecule has 14 heavy (non-hydrogen) atoms. The fraction of sp³-hybridized carbons (Fsp3) is 1.00. The maximum Gasteiger partial charge on any atom is 0.153 e. The Hall–Kier alpha value is 0.260. The first kappa shape index (κ1) is 14.3. The Bertz CT molecular complexity index is 245. The molecule has 0 aromatic rings. The Morgan fingerprint density at radius 1 is 1.21 bits per heavy atom. The second-order valence-electron chi connectivity index (χ2n) is 3.73. The first-order chi connectivity index (χ1) is 6.27. The van der Waals surface area contributed by atoms with Gasteiger partial charge in [-0.25, -0.2) is 8.42 Å². The molecule has 0 saturated carbocycles. The van der Waals surface area contributed by atoms with Crippen molar-refractivity contribution in [3.63, 3.8) is 0 Å². The van der Waals surface area contributed by atoms with E-state index in [1.165, 1.54) is 11.8 Å². The van der Waals surface area contributed by atoms with Gasteiger partial charge in [0, 0.05) is 11.0 Å². The Kier molecular flexibility index (Phi) is 6.09. The van der Waals surface area contributed by atoms with Gasteiger partial charge in [0.1, 0.15) is 0 Å². The highest BCUT2D eigenvalue weighted by molar-refractivity contribution is 8.01. The van der Waals surface area contributed by atoms with E-state index in [0.717, 1.165) is 0 Å². The number of hydrogen-bond acceptors (Lipinski definition) is 4. The SMILES string of the molecule is CC(O)C(C)SCCS(=O)(=O)C(C)C. The van der Waals surface area contributed by atoms with Crippen LogP contribution >= 0.6 is 11.8 Å². The lowest BCUT2D eigenvalue weighted by Crippen LogP contribution is -2.21. The summed E-state index contributed by atoms with van der Waals surface area (Å²) in [5.74, 6) is 0.763. The van der Waals surface area contributed by atoms with Crippen molar-refractivity contribution in [2.45, 2.75) is 44.3 Å². The molecule has 0 aliphatic carbocycles. The lowest BCUT2D eigenvalue weighted by molar-refractivity contribution is 0.196. The number of hydrogen-bond donors (Lipinski definition) is 1. The van der Waals surface area contributed by atoms with Gasteiger partial charge in [-0.1, -0.05) is 6.92 Å².